The number of nitrogens with one attached hydrogen (secondary N) is 2. The van der Waals surface area contributed by atoms with Crippen molar-refractivity contribution in [2.45, 2.75) is 40.7 Å². The maximum atomic E-state index is 9.96. The summed E-state index contributed by atoms with van der Waals surface area (Å²) in [7, 11) is 0. The number of aromatic nitrogens is 1. The van der Waals surface area contributed by atoms with Crippen LogP contribution >= 0.6 is 11.3 Å². The number of rotatable bonds is 6. The number of fused-ring (bicyclic) bond motifs is 1. The predicted octanol–water partition coefficient (Wildman–Crippen LogP) is 6.64. The molecule has 0 saturated heterocycles. The summed E-state index contributed by atoms with van der Waals surface area (Å²) in [6, 6.07) is 22.2. The number of amides is 1. The maximum absolute atomic E-state index is 9.96. The van der Waals surface area contributed by atoms with Gasteiger partial charge in [-0.3, -0.25) is 4.79 Å². The number of aryl methyl sites for hydroxylation is 2. The molecule has 0 bridgehead atoms. The second-order valence-electron chi connectivity index (χ2n) is 6.86. The Hall–Kier alpha value is -3.38. The smallest absolute Gasteiger partial charge is 0.211 e. The molecule has 0 aliphatic carbocycles. The fourth-order valence-electron chi connectivity index (χ4n) is 2.84. The van der Waals surface area contributed by atoms with E-state index in [1.165, 1.54) is 21.4 Å². The van der Waals surface area contributed by atoms with Crippen molar-refractivity contribution in [3.8, 4) is 0 Å². The first-order chi connectivity index (χ1) is 15.6. The molecular weight excluding hydrogens is 416 g/mol. The van der Waals surface area contributed by atoms with Gasteiger partial charge in [0.1, 0.15) is 0 Å². The molecule has 5 nitrogen and oxygen atoms in total. The highest BCUT2D eigenvalue weighted by molar-refractivity contribution is 7.22. The monoisotopic (exact) mass is 448 g/mol. The van der Waals surface area contributed by atoms with E-state index < -0.39 is 0 Å². The Morgan fingerprint density at radius 3 is 2.34 bits per heavy atom. The van der Waals surface area contributed by atoms with Gasteiger partial charge in [0.15, 0.2) is 5.13 Å². The zero-order valence-electron chi connectivity index (χ0n) is 19.2. The molecule has 6 heteroatoms. The minimum Gasteiger partial charge on any atom is -0.397 e. The van der Waals surface area contributed by atoms with Gasteiger partial charge in [-0.15, -0.1) is 0 Å². The Kier molecular flexibility index (Phi) is 10.2. The van der Waals surface area contributed by atoms with Crippen molar-refractivity contribution >= 4 is 44.5 Å². The third kappa shape index (κ3) is 7.39. The van der Waals surface area contributed by atoms with Gasteiger partial charge in [0, 0.05) is 6.54 Å². The number of carbonyl (C=O) groups is 1. The summed E-state index contributed by atoms with van der Waals surface area (Å²) in [6.07, 6.45) is 1.67. The SMILES string of the molecule is CC.CCc1ccc2nc(NCc3ccc(C)cc3)sc2c1.Nc1ccccc1NC=O. The molecule has 32 heavy (non-hydrogen) atoms. The number of thiazole rings is 1. The van der Waals surface area contributed by atoms with Crippen molar-refractivity contribution in [2.75, 3.05) is 16.4 Å². The summed E-state index contributed by atoms with van der Waals surface area (Å²) in [5.41, 5.74) is 11.7. The van der Waals surface area contributed by atoms with Gasteiger partial charge in [-0.05, 0) is 48.7 Å². The fourth-order valence-corrected chi connectivity index (χ4v) is 3.77. The first-order valence-corrected chi connectivity index (χ1v) is 11.6. The van der Waals surface area contributed by atoms with Gasteiger partial charge in [-0.1, -0.05) is 80.1 Å². The quantitative estimate of drug-likeness (QED) is 0.228. The summed E-state index contributed by atoms with van der Waals surface area (Å²) in [5.74, 6) is 0. The van der Waals surface area contributed by atoms with E-state index in [1.807, 2.05) is 26.0 Å². The van der Waals surface area contributed by atoms with Crippen molar-refractivity contribution in [1.82, 2.24) is 4.98 Å². The second-order valence-corrected chi connectivity index (χ2v) is 7.89. The summed E-state index contributed by atoms with van der Waals surface area (Å²) >= 11 is 1.73. The van der Waals surface area contributed by atoms with Gasteiger partial charge >= 0.3 is 0 Å². The Morgan fingerprint density at radius 2 is 1.69 bits per heavy atom. The lowest BCUT2D eigenvalue weighted by molar-refractivity contribution is -0.105. The maximum Gasteiger partial charge on any atom is 0.211 e. The van der Waals surface area contributed by atoms with Crippen molar-refractivity contribution in [3.63, 3.8) is 0 Å². The molecule has 0 radical (unpaired) electrons. The van der Waals surface area contributed by atoms with E-state index in [1.54, 1.807) is 23.5 Å². The molecule has 0 atom stereocenters. The lowest BCUT2D eigenvalue weighted by Crippen LogP contribution is -1.98. The molecular formula is C26H32N4OS. The number of nitrogens with two attached hydrogens (primary N) is 1. The van der Waals surface area contributed by atoms with Crippen molar-refractivity contribution in [1.29, 1.82) is 0 Å². The zero-order chi connectivity index (χ0) is 23.3. The Balaban J connectivity index is 0.000000255. The van der Waals surface area contributed by atoms with E-state index in [2.05, 4.69) is 71.9 Å². The van der Waals surface area contributed by atoms with Crippen molar-refractivity contribution in [3.05, 3.63) is 83.4 Å². The van der Waals surface area contributed by atoms with E-state index in [-0.39, 0.29) is 0 Å². The number of anilines is 3. The van der Waals surface area contributed by atoms with Crippen LogP contribution in [0.15, 0.2) is 66.7 Å². The largest absolute Gasteiger partial charge is 0.397 e. The standard InChI is InChI=1S/C17H18N2S.C7H8N2O.C2H6/c1-3-13-8-9-15-16(10-13)20-17(19-15)18-11-14-6-4-12(2)5-7-14;8-6-3-1-2-4-7(6)9-5-10;1-2/h4-10H,3,11H2,1-2H3,(H,18,19);1-5H,8H2,(H,9,10);1-2H3. The Bertz CT molecular complexity index is 1110. The molecule has 1 heterocycles. The van der Waals surface area contributed by atoms with Crippen LogP contribution in [0.2, 0.25) is 0 Å². The van der Waals surface area contributed by atoms with Crippen LogP contribution in [-0.2, 0) is 17.8 Å². The number of para-hydroxylation sites is 2. The highest BCUT2D eigenvalue weighted by atomic mass is 32.1. The van der Waals surface area contributed by atoms with Gasteiger partial charge < -0.3 is 16.4 Å². The Morgan fingerprint density at radius 1 is 1.00 bits per heavy atom. The van der Waals surface area contributed by atoms with Crippen LogP contribution in [0.25, 0.3) is 10.2 Å². The zero-order valence-corrected chi connectivity index (χ0v) is 20.0. The number of hydrogen-bond acceptors (Lipinski definition) is 5. The molecule has 0 spiro atoms. The average Bonchev–Trinajstić information content (AvgIpc) is 3.24. The number of nitrogen functional groups attached to an aromatic ring is 1. The van der Waals surface area contributed by atoms with Crippen LogP contribution in [0.3, 0.4) is 0 Å². The highest BCUT2D eigenvalue weighted by Gasteiger charge is 2.04. The van der Waals surface area contributed by atoms with E-state index in [0.29, 0.717) is 17.8 Å². The molecule has 0 saturated carbocycles. The third-order valence-corrected chi connectivity index (χ3v) is 5.58. The molecule has 0 unspecified atom stereocenters. The lowest BCUT2D eigenvalue weighted by Gasteiger charge is -2.02. The summed E-state index contributed by atoms with van der Waals surface area (Å²) in [4.78, 5) is 14.6. The van der Waals surface area contributed by atoms with E-state index in [4.69, 9.17) is 5.73 Å². The number of benzene rings is 3. The van der Waals surface area contributed by atoms with Crippen molar-refractivity contribution in [2.24, 2.45) is 0 Å². The minimum absolute atomic E-state index is 0.578. The minimum atomic E-state index is 0.578. The van der Waals surface area contributed by atoms with Crippen LogP contribution in [0.4, 0.5) is 16.5 Å². The molecule has 4 N–H and O–H groups in total. The lowest BCUT2D eigenvalue weighted by atomic mass is 10.1. The van der Waals surface area contributed by atoms with Gasteiger partial charge in [0.05, 0.1) is 21.6 Å². The van der Waals surface area contributed by atoms with Crippen LogP contribution in [0.5, 0.6) is 0 Å². The molecule has 1 amide bonds. The van der Waals surface area contributed by atoms with E-state index in [0.717, 1.165) is 23.6 Å². The molecule has 3 aromatic carbocycles. The van der Waals surface area contributed by atoms with Crippen LogP contribution in [0.1, 0.15) is 37.5 Å². The fraction of sp³-hybridized carbons (Fsp3) is 0.231. The Labute approximate surface area is 194 Å². The average molecular weight is 449 g/mol. The molecule has 1 aromatic heterocycles. The topological polar surface area (TPSA) is 80.0 Å². The van der Waals surface area contributed by atoms with Crippen LogP contribution in [0, 0.1) is 6.92 Å². The van der Waals surface area contributed by atoms with Crippen LogP contribution < -0.4 is 16.4 Å². The van der Waals surface area contributed by atoms with Crippen molar-refractivity contribution < 1.29 is 4.79 Å². The second kappa shape index (κ2) is 13.1. The molecule has 4 rings (SSSR count). The normalized spacial score (nSPS) is 9.75. The summed E-state index contributed by atoms with van der Waals surface area (Å²) < 4.78 is 1.26. The summed E-state index contributed by atoms with van der Waals surface area (Å²) in [5, 5.41) is 6.88. The molecule has 168 valence electrons. The number of hydrogen-bond donors (Lipinski definition) is 3. The van der Waals surface area contributed by atoms with Crippen LogP contribution in [-0.4, -0.2) is 11.4 Å². The number of carbonyl (C=O) groups excluding carboxylic acids is 1. The predicted molar refractivity (Wildman–Crippen MR) is 139 cm³/mol. The van der Waals surface area contributed by atoms with Gasteiger partial charge in [-0.2, -0.15) is 0 Å². The first-order valence-electron chi connectivity index (χ1n) is 10.8. The molecule has 0 fully saturated rings. The van der Waals surface area contributed by atoms with Gasteiger partial charge in [-0.25, -0.2) is 4.98 Å². The van der Waals surface area contributed by atoms with E-state index >= 15 is 0 Å². The first kappa shape index (κ1) is 24.9. The molecule has 0 aliphatic heterocycles. The molecule has 0 aliphatic rings. The van der Waals surface area contributed by atoms with E-state index in [9.17, 15) is 4.79 Å². The number of nitrogens with zero attached hydrogens (tertiary/aromatic N) is 1. The summed E-state index contributed by atoms with van der Waals surface area (Å²) in [6.45, 7) is 9.11. The van der Waals surface area contributed by atoms with Gasteiger partial charge in [0.25, 0.3) is 0 Å². The molecule has 4 aromatic rings. The van der Waals surface area contributed by atoms with Gasteiger partial charge in [0.2, 0.25) is 6.41 Å². The highest BCUT2D eigenvalue weighted by Crippen LogP contribution is 2.27. The third-order valence-electron chi connectivity index (χ3n) is 4.60.